The summed E-state index contributed by atoms with van der Waals surface area (Å²) in [5, 5.41) is 13.4. The highest BCUT2D eigenvalue weighted by Crippen LogP contribution is 2.17. The molecule has 7 nitrogen and oxygen atoms in total. The lowest BCUT2D eigenvalue weighted by molar-refractivity contribution is -0.384. The van der Waals surface area contributed by atoms with Crippen molar-refractivity contribution < 1.29 is 9.72 Å². The van der Waals surface area contributed by atoms with Gasteiger partial charge in [-0.25, -0.2) is 0 Å². The molecule has 0 atom stereocenters. The molecule has 0 unspecified atom stereocenters. The van der Waals surface area contributed by atoms with Crippen molar-refractivity contribution in [1.82, 2.24) is 4.57 Å². The zero-order valence-electron chi connectivity index (χ0n) is 10.9. The molecular formula is C13H14N4O3. The number of aryl methyl sites for hydroxylation is 1. The first kappa shape index (κ1) is 13.8. The van der Waals surface area contributed by atoms with Crippen molar-refractivity contribution in [3.05, 3.63) is 57.9 Å². The minimum atomic E-state index is -0.536. The second-order valence-corrected chi connectivity index (χ2v) is 4.31. The Hall–Kier alpha value is -2.67. The molecular weight excluding hydrogens is 260 g/mol. The highest BCUT2D eigenvalue weighted by Gasteiger charge is 2.17. The molecule has 0 fully saturated rings. The first-order valence-electron chi connectivity index (χ1n) is 5.92. The summed E-state index contributed by atoms with van der Waals surface area (Å²) in [5.74, 6) is -0.408. The van der Waals surface area contributed by atoms with Crippen LogP contribution in [-0.4, -0.2) is 15.4 Å². The average molecular weight is 274 g/mol. The van der Waals surface area contributed by atoms with Gasteiger partial charge >= 0.3 is 0 Å². The lowest BCUT2D eigenvalue weighted by Gasteiger charge is -2.06. The summed E-state index contributed by atoms with van der Waals surface area (Å²) in [6.45, 7) is 0.374. The molecule has 3 N–H and O–H groups in total. The van der Waals surface area contributed by atoms with Gasteiger partial charge in [0.1, 0.15) is 5.69 Å². The van der Waals surface area contributed by atoms with Gasteiger partial charge in [-0.3, -0.25) is 14.9 Å². The fourth-order valence-corrected chi connectivity index (χ4v) is 1.84. The van der Waals surface area contributed by atoms with Crippen LogP contribution in [0.4, 0.5) is 11.4 Å². The second kappa shape index (κ2) is 5.54. The number of carbonyl (C=O) groups is 1. The number of nitro groups is 1. The second-order valence-electron chi connectivity index (χ2n) is 4.31. The first-order chi connectivity index (χ1) is 9.51. The number of hydrogen-bond donors (Lipinski definition) is 2. The van der Waals surface area contributed by atoms with Gasteiger partial charge in [-0.05, 0) is 17.7 Å². The molecule has 1 aromatic heterocycles. The average Bonchev–Trinajstić information content (AvgIpc) is 2.81. The van der Waals surface area contributed by atoms with E-state index in [-0.39, 0.29) is 11.4 Å². The van der Waals surface area contributed by atoms with E-state index < -0.39 is 10.8 Å². The van der Waals surface area contributed by atoms with Crippen LogP contribution in [0.15, 0.2) is 36.5 Å². The van der Waals surface area contributed by atoms with Crippen LogP contribution in [0.25, 0.3) is 0 Å². The molecule has 0 saturated carbocycles. The molecule has 1 amide bonds. The van der Waals surface area contributed by atoms with Gasteiger partial charge in [0.15, 0.2) is 0 Å². The molecule has 0 saturated heterocycles. The largest absolute Gasteiger partial charge is 0.340 e. The SMILES string of the molecule is Cn1cc([N+](=O)[O-])cc1C(=O)Nc1cccc(CN)c1. The number of amides is 1. The minimum absolute atomic E-state index is 0.117. The molecule has 0 aliphatic heterocycles. The summed E-state index contributed by atoms with van der Waals surface area (Å²) in [6.07, 6.45) is 1.30. The number of anilines is 1. The van der Waals surface area contributed by atoms with E-state index in [1.54, 1.807) is 25.2 Å². The third-order valence-electron chi connectivity index (χ3n) is 2.85. The van der Waals surface area contributed by atoms with E-state index in [9.17, 15) is 14.9 Å². The third kappa shape index (κ3) is 2.83. The van der Waals surface area contributed by atoms with E-state index in [2.05, 4.69) is 5.32 Å². The molecule has 0 bridgehead atoms. The normalized spacial score (nSPS) is 10.3. The van der Waals surface area contributed by atoms with Crippen molar-refractivity contribution in [3.8, 4) is 0 Å². The van der Waals surface area contributed by atoms with Crippen molar-refractivity contribution in [2.45, 2.75) is 6.54 Å². The zero-order valence-corrected chi connectivity index (χ0v) is 10.9. The number of rotatable bonds is 4. The number of nitrogens with zero attached hydrogens (tertiary/aromatic N) is 2. The molecule has 2 aromatic rings. The van der Waals surface area contributed by atoms with Gasteiger partial charge in [0.2, 0.25) is 0 Å². The van der Waals surface area contributed by atoms with Crippen LogP contribution in [0.2, 0.25) is 0 Å². The van der Waals surface area contributed by atoms with Gasteiger partial charge < -0.3 is 15.6 Å². The van der Waals surface area contributed by atoms with Gasteiger partial charge in [0.05, 0.1) is 11.1 Å². The maximum atomic E-state index is 12.1. The summed E-state index contributed by atoms with van der Waals surface area (Å²) in [7, 11) is 1.58. The van der Waals surface area contributed by atoms with Gasteiger partial charge in [0, 0.05) is 25.3 Å². The van der Waals surface area contributed by atoms with Crippen molar-refractivity contribution >= 4 is 17.3 Å². The fourth-order valence-electron chi connectivity index (χ4n) is 1.84. The Morgan fingerprint density at radius 2 is 2.20 bits per heavy atom. The van der Waals surface area contributed by atoms with Crippen molar-refractivity contribution in [1.29, 1.82) is 0 Å². The number of hydrogen-bond acceptors (Lipinski definition) is 4. The van der Waals surface area contributed by atoms with Crippen LogP contribution in [-0.2, 0) is 13.6 Å². The number of nitrogens with two attached hydrogens (primary N) is 1. The smallest absolute Gasteiger partial charge is 0.287 e. The summed E-state index contributed by atoms with van der Waals surface area (Å²) in [6, 6.07) is 8.36. The Kier molecular flexibility index (Phi) is 3.81. The molecule has 0 aliphatic rings. The summed E-state index contributed by atoms with van der Waals surface area (Å²) >= 11 is 0. The molecule has 2 rings (SSSR count). The van der Waals surface area contributed by atoms with Gasteiger partial charge in [-0.2, -0.15) is 0 Å². The first-order valence-corrected chi connectivity index (χ1v) is 5.92. The Bertz CT molecular complexity index is 663. The standard InChI is InChI=1S/C13H14N4O3/c1-16-8-11(17(19)20)6-12(16)13(18)15-10-4-2-3-9(5-10)7-14/h2-6,8H,7,14H2,1H3,(H,15,18). The molecule has 7 heteroatoms. The molecule has 1 aromatic carbocycles. The fraction of sp³-hybridized carbons (Fsp3) is 0.154. The number of carbonyl (C=O) groups excluding carboxylic acids is 1. The molecule has 1 heterocycles. The minimum Gasteiger partial charge on any atom is -0.340 e. The van der Waals surface area contributed by atoms with Crippen LogP contribution in [0, 0.1) is 10.1 Å². The van der Waals surface area contributed by atoms with Crippen LogP contribution < -0.4 is 11.1 Å². The van der Waals surface area contributed by atoms with E-state index in [0.717, 1.165) is 5.56 Å². The van der Waals surface area contributed by atoms with E-state index >= 15 is 0 Å². The monoisotopic (exact) mass is 274 g/mol. The van der Waals surface area contributed by atoms with E-state index in [0.29, 0.717) is 12.2 Å². The Labute approximate surface area is 115 Å². The predicted octanol–water partition coefficient (Wildman–Crippen LogP) is 1.64. The maximum Gasteiger partial charge on any atom is 0.287 e. The van der Waals surface area contributed by atoms with Crippen molar-refractivity contribution in [2.24, 2.45) is 12.8 Å². The summed E-state index contributed by atoms with van der Waals surface area (Å²) in [5.41, 5.74) is 7.12. The summed E-state index contributed by atoms with van der Waals surface area (Å²) < 4.78 is 1.42. The molecule has 0 radical (unpaired) electrons. The lowest BCUT2D eigenvalue weighted by Crippen LogP contribution is -2.15. The van der Waals surface area contributed by atoms with Gasteiger partial charge in [-0.15, -0.1) is 0 Å². The lowest BCUT2D eigenvalue weighted by atomic mass is 10.2. The van der Waals surface area contributed by atoms with Gasteiger partial charge in [0.25, 0.3) is 11.6 Å². The number of aromatic nitrogens is 1. The highest BCUT2D eigenvalue weighted by molar-refractivity contribution is 6.03. The summed E-state index contributed by atoms with van der Waals surface area (Å²) in [4.78, 5) is 22.2. The van der Waals surface area contributed by atoms with E-state index in [1.165, 1.54) is 16.8 Å². The third-order valence-corrected chi connectivity index (χ3v) is 2.85. The molecule has 0 spiro atoms. The topological polar surface area (TPSA) is 103 Å². The number of benzene rings is 1. The molecule has 20 heavy (non-hydrogen) atoms. The van der Waals surface area contributed by atoms with Gasteiger partial charge in [-0.1, -0.05) is 12.1 Å². The Morgan fingerprint density at radius 3 is 2.80 bits per heavy atom. The van der Waals surface area contributed by atoms with Crippen LogP contribution in [0.3, 0.4) is 0 Å². The number of nitrogens with one attached hydrogen (secondary N) is 1. The van der Waals surface area contributed by atoms with E-state index in [1.807, 2.05) is 6.07 Å². The zero-order chi connectivity index (χ0) is 14.7. The predicted molar refractivity (Wildman–Crippen MR) is 74.4 cm³/mol. The maximum absolute atomic E-state index is 12.1. The quantitative estimate of drug-likeness (QED) is 0.653. The van der Waals surface area contributed by atoms with Crippen LogP contribution in [0.5, 0.6) is 0 Å². The van der Waals surface area contributed by atoms with E-state index in [4.69, 9.17) is 5.73 Å². The van der Waals surface area contributed by atoms with Crippen LogP contribution >= 0.6 is 0 Å². The highest BCUT2D eigenvalue weighted by atomic mass is 16.6. The van der Waals surface area contributed by atoms with Crippen molar-refractivity contribution in [3.63, 3.8) is 0 Å². The molecule has 104 valence electrons. The Balaban J connectivity index is 2.21. The van der Waals surface area contributed by atoms with Crippen molar-refractivity contribution in [2.75, 3.05) is 5.32 Å². The Morgan fingerprint density at radius 1 is 1.45 bits per heavy atom. The molecule has 0 aliphatic carbocycles. The van der Waals surface area contributed by atoms with Crippen LogP contribution in [0.1, 0.15) is 16.1 Å².